The lowest BCUT2D eigenvalue weighted by atomic mass is 9.96. The molecule has 1 saturated carbocycles. The van der Waals surface area contributed by atoms with E-state index >= 15 is 0 Å². The molecule has 0 aromatic heterocycles. The molecule has 0 heterocycles. The van der Waals surface area contributed by atoms with Gasteiger partial charge in [-0.15, -0.1) is 0 Å². The summed E-state index contributed by atoms with van der Waals surface area (Å²) < 4.78 is 0. The van der Waals surface area contributed by atoms with E-state index in [9.17, 15) is 5.11 Å². The van der Waals surface area contributed by atoms with Crippen LogP contribution in [0.1, 0.15) is 32.3 Å². The Hall–Kier alpha value is -1.64. The fourth-order valence-corrected chi connectivity index (χ4v) is 3.69. The second-order valence-corrected chi connectivity index (χ2v) is 7.10. The molecule has 2 nitrogen and oxygen atoms in total. The molecule has 2 heteroatoms. The Labute approximate surface area is 139 Å². The van der Waals surface area contributed by atoms with Crippen LogP contribution in [-0.2, 0) is 6.42 Å². The van der Waals surface area contributed by atoms with Crippen LogP contribution in [0.3, 0.4) is 0 Å². The molecule has 3 rings (SSSR count). The van der Waals surface area contributed by atoms with E-state index < -0.39 is 0 Å². The molecule has 122 valence electrons. The highest BCUT2D eigenvalue weighted by Crippen LogP contribution is 2.30. The smallest absolute Gasteiger partial charge is 0.0696 e. The number of rotatable bonds is 5. The van der Waals surface area contributed by atoms with Gasteiger partial charge in [0.05, 0.1) is 6.10 Å². The maximum absolute atomic E-state index is 10.2. The molecule has 0 spiro atoms. The van der Waals surface area contributed by atoms with Crippen molar-refractivity contribution < 1.29 is 5.11 Å². The van der Waals surface area contributed by atoms with Gasteiger partial charge in [-0.25, -0.2) is 0 Å². The molecule has 2 aromatic rings. The van der Waals surface area contributed by atoms with Gasteiger partial charge in [-0.3, -0.25) is 0 Å². The Morgan fingerprint density at radius 3 is 2.26 bits per heavy atom. The summed E-state index contributed by atoms with van der Waals surface area (Å²) in [6.45, 7) is 4.28. The maximum Gasteiger partial charge on any atom is 0.0696 e. The number of benzene rings is 2. The molecular weight excluding hydrogens is 282 g/mol. The lowest BCUT2D eigenvalue weighted by Crippen LogP contribution is -2.39. The Morgan fingerprint density at radius 1 is 0.957 bits per heavy atom. The molecule has 0 aliphatic heterocycles. The van der Waals surface area contributed by atoms with E-state index in [1.165, 1.54) is 16.7 Å². The van der Waals surface area contributed by atoms with Crippen LogP contribution in [0.5, 0.6) is 0 Å². The maximum atomic E-state index is 10.2. The normalized spacial score (nSPS) is 24.3. The van der Waals surface area contributed by atoms with Gasteiger partial charge in [0.2, 0.25) is 0 Å². The first-order chi connectivity index (χ1) is 11.1. The highest BCUT2D eigenvalue weighted by Gasteiger charge is 2.32. The van der Waals surface area contributed by atoms with Crippen LogP contribution in [0, 0.1) is 5.92 Å². The molecule has 0 bridgehead atoms. The lowest BCUT2D eigenvalue weighted by molar-refractivity contribution is 0.143. The average Bonchev–Trinajstić information content (AvgIpc) is 2.88. The Kier molecular flexibility index (Phi) is 5.14. The fourth-order valence-electron chi connectivity index (χ4n) is 3.69. The predicted molar refractivity (Wildman–Crippen MR) is 96.4 cm³/mol. The van der Waals surface area contributed by atoms with Crippen molar-refractivity contribution >= 4 is 0 Å². The topological polar surface area (TPSA) is 32.3 Å². The largest absolute Gasteiger partial charge is 0.391 e. The lowest BCUT2D eigenvalue weighted by Gasteiger charge is -2.19. The van der Waals surface area contributed by atoms with E-state index in [-0.39, 0.29) is 12.1 Å². The number of hydrogen-bond donors (Lipinski definition) is 2. The van der Waals surface area contributed by atoms with Crippen molar-refractivity contribution in [2.24, 2.45) is 5.92 Å². The summed E-state index contributed by atoms with van der Waals surface area (Å²) in [6.07, 6.45) is 2.83. The molecule has 2 N–H and O–H groups in total. The van der Waals surface area contributed by atoms with Crippen molar-refractivity contribution in [2.75, 3.05) is 0 Å². The van der Waals surface area contributed by atoms with Gasteiger partial charge in [-0.2, -0.15) is 0 Å². The van der Waals surface area contributed by atoms with Crippen LogP contribution in [0.25, 0.3) is 11.1 Å². The SMILES string of the molecule is CC(C)N[C@H]1C[C@@H](Cc2ccc(-c3ccccc3)cc2)C[C@@H]1O. The van der Waals surface area contributed by atoms with E-state index in [1.807, 2.05) is 6.07 Å². The van der Waals surface area contributed by atoms with E-state index in [0.29, 0.717) is 12.0 Å². The Balaban J connectivity index is 1.61. The third-order valence-electron chi connectivity index (χ3n) is 4.76. The molecule has 2 aromatic carbocycles. The van der Waals surface area contributed by atoms with Gasteiger partial charge in [0.1, 0.15) is 0 Å². The molecule has 0 amide bonds. The zero-order valence-electron chi connectivity index (χ0n) is 14.1. The molecule has 0 radical (unpaired) electrons. The number of hydrogen-bond acceptors (Lipinski definition) is 2. The van der Waals surface area contributed by atoms with Crippen LogP contribution >= 0.6 is 0 Å². The van der Waals surface area contributed by atoms with Gasteiger partial charge in [0.15, 0.2) is 0 Å². The summed E-state index contributed by atoms with van der Waals surface area (Å²) >= 11 is 0. The van der Waals surface area contributed by atoms with Crippen molar-refractivity contribution in [1.82, 2.24) is 5.32 Å². The van der Waals surface area contributed by atoms with Crippen molar-refractivity contribution in [3.63, 3.8) is 0 Å². The minimum atomic E-state index is -0.203. The van der Waals surface area contributed by atoms with Crippen LogP contribution < -0.4 is 5.32 Å². The van der Waals surface area contributed by atoms with Crippen LogP contribution in [0.4, 0.5) is 0 Å². The Morgan fingerprint density at radius 2 is 1.61 bits per heavy atom. The molecule has 0 saturated heterocycles. The number of aliphatic hydroxyl groups is 1. The predicted octanol–water partition coefficient (Wildman–Crippen LogP) is 4.03. The summed E-state index contributed by atoms with van der Waals surface area (Å²) in [5, 5.41) is 13.7. The van der Waals surface area contributed by atoms with Crippen molar-refractivity contribution in [3.05, 3.63) is 60.2 Å². The van der Waals surface area contributed by atoms with Gasteiger partial charge >= 0.3 is 0 Å². The molecule has 23 heavy (non-hydrogen) atoms. The van der Waals surface area contributed by atoms with Gasteiger partial charge in [-0.1, -0.05) is 68.4 Å². The quantitative estimate of drug-likeness (QED) is 0.874. The summed E-state index contributed by atoms with van der Waals surface area (Å²) in [5.41, 5.74) is 3.89. The first kappa shape index (κ1) is 16.2. The van der Waals surface area contributed by atoms with Gasteiger partial charge < -0.3 is 10.4 Å². The second kappa shape index (κ2) is 7.29. The molecule has 1 aliphatic rings. The highest BCUT2D eigenvalue weighted by atomic mass is 16.3. The third-order valence-corrected chi connectivity index (χ3v) is 4.76. The second-order valence-electron chi connectivity index (χ2n) is 7.10. The third kappa shape index (κ3) is 4.21. The molecule has 0 unspecified atom stereocenters. The van der Waals surface area contributed by atoms with E-state index in [4.69, 9.17) is 0 Å². The zero-order valence-corrected chi connectivity index (χ0v) is 14.1. The molecule has 1 fully saturated rings. The minimum Gasteiger partial charge on any atom is -0.391 e. The first-order valence-electron chi connectivity index (χ1n) is 8.70. The number of nitrogens with one attached hydrogen (secondary N) is 1. The van der Waals surface area contributed by atoms with Crippen molar-refractivity contribution in [1.29, 1.82) is 0 Å². The number of aliphatic hydroxyl groups excluding tert-OH is 1. The van der Waals surface area contributed by atoms with E-state index in [1.54, 1.807) is 0 Å². The highest BCUT2D eigenvalue weighted by molar-refractivity contribution is 5.63. The molecular formula is C21H27NO. The fraction of sp³-hybridized carbons (Fsp3) is 0.429. The molecule has 3 atom stereocenters. The zero-order chi connectivity index (χ0) is 16.2. The van der Waals surface area contributed by atoms with Crippen molar-refractivity contribution in [3.8, 4) is 11.1 Å². The minimum absolute atomic E-state index is 0.203. The molecule has 1 aliphatic carbocycles. The summed E-state index contributed by atoms with van der Waals surface area (Å²) in [7, 11) is 0. The van der Waals surface area contributed by atoms with Crippen LogP contribution in [0.2, 0.25) is 0 Å². The summed E-state index contributed by atoms with van der Waals surface area (Å²) in [4.78, 5) is 0. The Bertz CT molecular complexity index is 605. The van der Waals surface area contributed by atoms with Gasteiger partial charge in [0.25, 0.3) is 0 Å². The van der Waals surface area contributed by atoms with Crippen molar-refractivity contribution in [2.45, 2.75) is 51.3 Å². The standard InChI is InChI=1S/C21H27NO/c1-15(2)22-20-13-17(14-21(20)23)12-16-8-10-19(11-9-16)18-6-4-3-5-7-18/h3-11,15,17,20-23H,12-14H2,1-2H3/t17-,20+,21+/m1/s1. The van der Waals surface area contributed by atoms with E-state index in [2.05, 4.69) is 67.7 Å². The average molecular weight is 309 g/mol. The van der Waals surface area contributed by atoms with E-state index in [0.717, 1.165) is 19.3 Å². The van der Waals surface area contributed by atoms with Gasteiger partial charge in [0, 0.05) is 12.1 Å². The summed E-state index contributed by atoms with van der Waals surface area (Å²) in [5.74, 6) is 0.573. The first-order valence-corrected chi connectivity index (χ1v) is 8.70. The summed E-state index contributed by atoms with van der Waals surface area (Å²) in [6, 6.07) is 20.0. The van der Waals surface area contributed by atoms with Crippen LogP contribution in [-0.4, -0.2) is 23.3 Å². The monoisotopic (exact) mass is 309 g/mol. The van der Waals surface area contributed by atoms with Crippen LogP contribution in [0.15, 0.2) is 54.6 Å². The van der Waals surface area contributed by atoms with Gasteiger partial charge in [-0.05, 0) is 41.9 Å².